The number of aryl methyl sites for hydroxylation is 2. The lowest BCUT2D eigenvalue weighted by Crippen LogP contribution is -2.24. The van der Waals surface area contributed by atoms with Crippen molar-refractivity contribution in [2.75, 3.05) is 11.9 Å². The SMILES string of the molecule is CCCc1cc(=O)[nH]c(SC(C)C(=O)Nc2sc3c(c2C(=O)OCC)CCCC3)n1. The summed E-state index contributed by atoms with van der Waals surface area (Å²) in [6.07, 6.45) is 5.46. The fourth-order valence-corrected chi connectivity index (χ4v) is 5.54. The van der Waals surface area contributed by atoms with E-state index in [0.717, 1.165) is 42.5 Å². The molecule has 162 valence electrons. The van der Waals surface area contributed by atoms with Crippen LogP contribution in [0.1, 0.15) is 66.5 Å². The lowest BCUT2D eigenvalue weighted by molar-refractivity contribution is -0.115. The van der Waals surface area contributed by atoms with Gasteiger partial charge in [-0.2, -0.15) is 0 Å². The maximum Gasteiger partial charge on any atom is 0.341 e. The number of nitrogens with zero attached hydrogens (tertiary/aromatic N) is 1. The Morgan fingerprint density at radius 1 is 1.33 bits per heavy atom. The third kappa shape index (κ3) is 5.31. The molecule has 0 radical (unpaired) electrons. The predicted molar refractivity (Wildman–Crippen MR) is 120 cm³/mol. The van der Waals surface area contributed by atoms with Crippen LogP contribution < -0.4 is 10.9 Å². The largest absolute Gasteiger partial charge is 0.462 e. The maximum absolute atomic E-state index is 12.9. The van der Waals surface area contributed by atoms with Gasteiger partial charge >= 0.3 is 5.97 Å². The second-order valence-electron chi connectivity index (χ2n) is 7.18. The second-order valence-corrected chi connectivity index (χ2v) is 9.61. The maximum atomic E-state index is 12.9. The van der Waals surface area contributed by atoms with E-state index in [1.807, 2.05) is 6.92 Å². The summed E-state index contributed by atoms with van der Waals surface area (Å²) in [6.45, 7) is 5.84. The average Bonchev–Trinajstić information content (AvgIpc) is 3.05. The van der Waals surface area contributed by atoms with Crippen LogP contribution >= 0.6 is 23.1 Å². The molecule has 0 saturated carbocycles. The summed E-state index contributed by atoms with van der Waals surface area (Å²) >= 11 is 2.66. The van der Waals surface area contributed by atoms with Crippen LogP contribution in [0, 0.1) is 0 Å². The number of hydrogen-bond acceptors (Lipinski definition) is 7. The molecule has 0 fully saturated rings. The molecule has 2 aromatic heterocycles. The Labute approximate surface area is 184 Å². The van der Waals surface area contributed by atoms with Crippen molar-refractivity contribution in [2.24, 2.45) is 0 Å². The molecule has 1 atom stereocenters. The molecular weight excluding hydrogens is 422 g/mol. The fourth-order valence-electron chi connectivity index (χ4n) is 3.43. The zero-order valence-corrected chi connectivity index (χ0v) is 19.1. The van der Waals surface area contributed by atoms with Gasteiger partial charge in [-0.25, -0.2) is 9.78 Å². The smallest absolute Gasteiger partial charge is 0.341 e. The number of carbonyl (C=O) groups is 2. The molecule has 30 heavy (non-hydrogen) atoms. The lowest BCUT2D eigenvalue weighted by Gasteiger charge is -2.13. The Balaban J connectivity index is 1.78. The molecule has 0 spiro atoms. The standard InChI is InChI=1S/C21H27N3O4S2/c1-4-8-13-11-16(25)23-21(22-13)29-12(3)18(26)24-19-17(20(27)28-5-2)14-9-6-7-10-15(14)30-19/h11-12H,4-10H2,1-3H3,(H,24,26)(H,22,23,25). The Hall–Kier alpha value is -2.13. The summed E-state index contributed by atoms with van der Waals surface area (Å²) in [5, 5.41) is 3.39. The predicted octanol–water partition coefficient (Wildman–Crippen LogP) is 3.96. The molecule has 1 aliphatic rings. The van der Waals surface area contributed by atoms with Gasteiger partial charge in [-0.05, 0) is 51.5 Å². The first-order chi connectivity index (χ1) is 14.4. The molecular formula is C21H27N3O4S2. The highest BCUT2D eigenvalue weighted by Crippen LogP contribution is 2.39. The number of thiophene rings is 1. The summed E-state index contributed by atoms with van der Waals surface area (Å²) in [4.78, 5) is 45.5. The van der Waals surface area contributed by atoms with Crippen molar-refractivity contribution >= 4 is 40.0 Å². The van der Waals surface area contributed by atoms with Crippen LogP contribution in [-0.2, 0) is 28.8 Å². The normalized spacial score (nSPS) is 14.1. The lowest BCUT2D eigenvalue weighted by atomic mass is 9.95. The van der Waals surface area contributed by atoms with E-state index in [2.05, 4.69) is 15.3 Å². The van der Waals surface area contributed by atoms with Crippen LogP contribution in [0.3, 0.4) is 0 Å². The first-order valence-electron chi connectivity index (χ1n) is 10.3. The van der Waals surface area contributed by atoms with Gasteiger partial charge in [-0.1, -0.05) is 25.1 Å². The fraction of sp³-hybridized carbons (Fsp3) is 0.524. The number of anilines is 1. The van der Waals surface area contributed by atoms with E-state index in [9.17, 15) is 14.4 Å². The molecule has 0 aliphatic heterocycles. The van der Waals surface area contributed by atoms with Gasteiger partial charge in [-0.15, -0.1) is 11.3 Å². The highest BCUT2D eigenvalue weighted by molar-refractivity contribution is 8.00. The van der Waals surface area contributed by atoms with E-state index in [-0.39, 0.29) is 24.0 Å². The van der Waals surface area contributed by atoms with Gasteiger partial charge in [0.25, 0.3) is 5.56 Å². The van der Waals surface area contributed by atoms with E-state index in [1.54, 1.807) is 13.8 Å². The molecule has 1 amide bonds. The zero-order valence-electron chi connectivity index (χ0n) is 17.5. The molecule has 2 heterocycles. The van der Waals surface area contributed by atoms with Crippen LogP contribution in [0.15, 0.2) is 16.0 Å². The van der Waals surface area contributed by atoms with Gasteiger partial charge in [-0.3, -0.25) is 9.59 Å². The summed E-state index contributed by atoms with van der Waals surface area (Å²) in [7, 11) is 0. The van der Waals surface area contributed by atoms with Crippen LogP contribution in [0.2, 0.25) is 0 Å². The van der Waals surface area contributed by atoms with Crippen LogP contribution in [-0.4, -0.2) is 33.7 Å². The second kappa shape index (κ2) is 10.3. The number of carbonyl (C=O) groups excluding carboxylic acids is 2. The molecule has 1 aliphatic carbocycles. The van der Waals surface area contributed by atoms with Crippen molar-refractivity contribution in [3.63, 3.8) is 0 Å². The first-order valence-corrected chi connectivity index (χ1v) is 12.0. The monoisotopic (exact) mass is 449 g/mol. The van der Waals surface area contributed by atoms with E-state index < -0.39 is 5.25 Å². The summed E-state index contributed by atoms with van der Waals surface area (Å²) in [5.74, 6) is -0.626. The minimum absolute atomic E-state index is 0.223. The number of thioether (sulfide) groups is 1. The number of H-pyrrole nitrogens is 1. The summed E-state index contributed by atoms with van der Waals surface area (Å²) in [6, 6.07) is 1.49. The third-order valence-electron chi connectivity index (χ3n) is 4.82. The summed E-state index contributed by atoms with van der Waals surface area (Å²) < 4.78 is 5.24. The zero-order chi connectivity index (χ0) is 21.7. The number of rotatable bonds is 8. The molecule has 3 rings (SSSR count). The molecule has 2 aromatic rings. The van der Waals surface area contributed by atoms with E-state index in [0.29, 0.717) is 27.8 Å². The molecule has 2 N–H and O–H groups in total. The van der Waals surface area contributed by atoms with Crippen molar-refractivity contribution in [3.8, 4) is 0 Å². The number of hydrogen-bond donors (Lipinski definition) is 2. The third-order valence-corrected chi connectivity index (χ3v) is 7.02. The minimum Gasteiger partial charge on any atom is -0.462 e. The number of nitrogens with one attached hydrogen (secondary N) is 2. The van der Waals surface area contributed by atoms with Crippen LogP contribution in [0.25, 0.3) is 0 Å². The Kier molecular flexibility index (Phi) is 7.71. The molecule has 7 nitrogen and oxygen atoms in total. The van der Waals surface area contributed by atoms with Gasteiger partial charge < -0.3 is 15.0 Å². The van der Waals surface area contributed by atoms with Gasteiger partial charge in [0.05, 0.1) is 17.4 Å². The van der Waals surface area contributed by atoms with Crippen LogP contribution in [0.4, 0.5) is 5.00 Å². The molecule has 1 unspecified atom stereocenters. The minimum atomic E-state index is -0.501. The topological polar surface area (TPSA) is 101 Å². The first kappa shape index (κ1) is 22.6. The van der Waals surface area contributed by atoms with Gasteiger partial charge in [0.2, 0.25) is 5.91 Å². The number of fused-ring (bicyclic) bond motifs is 1. The highest BCUT2D eigenvalue weighted by atomic mass is 32.2. The van der Waals surface area contributed by atoms with Crippen molar-refractivity contribution in [1.82, 2.24) is 9.97 Å². The number of esters is 1. The number of aromatic amines is 1. The molecule has 0 aromatic carbocycles. The van der Waals surface area contributed by atoms with Gasteiger partial charge in [0, 0.05) is 16.6 Å². The Morgan fingerprint density at radius 2 is 2.10 bits per heavy atom. The van der Waals surface area contributed by atoms with Crippen molar-refractivity contribution in [1.29, 1.82) is 0 Å². The van der Waals surface area contributed by atoms with E-state index >= 15 is 0 Å². The molecule has 9 heteroatoms. The number of amides is 1. The van der Waals surface area contributed by atoms with Crippen molar-refractivity contribution in [2.45, 2.75) is 69.7 Å². The molecule has 0 bridgehead atoms. The van der Waals surface area contributed by atoms with Crippen molar-refractivity contribution in [3.05, 3.63) is 38.1 Å². The quantitative estimate of drug-likeness (QED) is 0.359. The summed E-state index contributed by atoms with van der Waals surface area (Å²) in [5.41, 5.74) is 2.00. The van der Waals surface area contributed by atoms with Crippen molar-refractivity contribution < 1.29 is 14.3 Å². The van der Waals surface area contributed by atoms with Crippen LogP contribution in [0.5, 0.6) is 0 Å². The Bertz CT molecular complexity index is 983. The Morgan fingerprint density at radius 3 is 2.83 bits per heavy atom. The van der Waals surface area contributed by atoms with Gasteiger partial charge in [0.15, 0.2) is 5.16 Å². The average molecular weight is 450 g/mol. The number of ether oxygens (including phenoxy) is 1. The highest BCUT2D eigenvalue weighted by Gasteiger charge is 2.28. The van der Waals surface area contributed by atoms with E-state index in [4.69, 9.17) is 4.74 Å². The van der Waals surface area contributed by atoms with E-state index in [1.165, 1.54) is 29.2 Å². The molecule has 0 saturated heterocycles. The van der Waals surface area contributed by atoms with Gasteiger partial charge in [0.1, 0.15) is 5.00 Å². The number of aromatic nitrogens is 2.